The van der Waals surface area contributed by atoms with E-state index in [-0.39, 0.29) is 23.7 Å². The third-order valence-corrected chi connectivity index (χ3v) is 7.86. The molecule has 0 saturated carbocycles. The van der Waals surface area contributed by atoms with Gasteiger partial charge in [-0.05, 0) is 69.7 Å². The number of pyridine rings is 1. The number of carbonyl (C=O) groups excluding carboxylic acids is 2. The van der Waals surface area contributed by atoms with Crippen molar-refractivity contribution in [3.63, 3.8) is 0 Å². The Morgan fingerprint density at radius 3 is 2.73 bits per heavy atom. The van der Waals surface area contributed by atoms with Crippen LogP contribution < -0.4 is 5.32 Å². The molecule has 2 aliphatic rings. The molecule has 2 fully saturated rings. The molecule has 0 bridgehead atoms. The molecule has 1 N–H and O–H groups in total. The number of anilines is 1. The van der Waals surface area contributed by atoms with Crippen LogP contribution in [0.3, 0.4) is 0 Å². The number of likely N-dealkylation sites (tertiary alicyclic amines) is 1. The standard InChI is InChI=1S/C28H35Cl2N3O4/c1-28(2)14-18(8-10-37-28)15-31-20-6-7-24(29)22(11-20)23-12-21(32-16-25(23)30)13-26(34)19-5-4-9-33(17-19)27(35)36-3/h6-7,11-12,16,18-19,31H,4-5,8-10,13-15,17H2,1-3H3/t18-,19-/m0/s1. The van der Waals surface area contributed by atoms with Gasteiger partial charge in [0.2, 0.25) is 0 Å². The minimum atomic E-state index is -0.395. The first-order valence-corrected chi connectivity index (χ1v) is 13.6. The molecule has 2 aromatic rings. The van der Waals surface area contributed by atoms with Crippen molar-refractivity contribution >= 4 is 40.8 Å². The lowest BCUT2D eigenvalue weighted by Gasteiger charge is -2.35. The van der Waals surface area contributed by atoms with Gasteiger partial charge in [0.25, 0.3) is 0 Å². The summed E-state index contributed by atoms with van der Waals surface area (Å²) < 4.78 is 10.7. The summed E-state index contributed by atoms with van der Waals surface area (Å²) in [4.78, 5) is 31.0. The molecule has 2 atom stereocenters. The average Bonchev–Trinajstić information content (AvgIpc) is 2.88. The van der Waals surface area contributed by atoms with Crippen molar-refractivity contribution in [3.8, 4) is 11.1 Å². The van der Waals surface area contributed by atoms with Crippen LogP contribution in [0, 0.1) is 11.8 Å². The summed E-state index contributed by atoms with van der Waals surface area (Å²) in [6.45, 7) is 6.88. The van der Waals surface area contributed by atoms with E-state index < -0.39 is 6.09 Å². The van der Waals surface area contributed by atoms with E-state index in [2.05, 4.69) is 24.1 Å². The number of nitrogens with zero attached hydrogens (tertiary/aromatic N) is 2. The number of Topliss-reactive ketones (excluding diaryl/α,β-unsaturated/α-hetero) is 1. The van der Waals surface area contributed by atoms with Gasteiger partial charge in [-0.15, -0.1) is 0 Å². The highest BCUT2D eigenvalue weighted by Gasteiger charge is 2.30. The van der Waals surface area contributed by atoms with E-state index in [1.54, 1.807) is 11.1 Å². The lowest BCUT2D eigenvalue weighted by Crippen LogP contribution is -2.42. The van der Waals surface area contributed by atoms with Crippen LogP contribution in [0.25, 0.3) is 11.1 Å². The van der Waals surface area contributed by atoms with Gasteiger partial charge in [-0.1, -0.05) is 23.2 Å². The molecule has 0 spiro atoms. The Labute approximate surface area is 228 Å². The first-order chi connectivity index (χ1) is 17.6. The largest absolute Gasteiger partial charge is 0.453 e. The summed E-state index contributed by atoms with van der Waals surface area (Å²) in [6.07, 6.45) is 4.89. The van der Waals surface area contributed by atoms with E-state index >= 15 is 0 Å². The van der Waals surface area contributed by atoms with Crippen LogP contribution in [0.5, 0.6) is 0 Å². The van der Waals surface area contributed by atoms with Crippen LogP contribution in [-0.2, 0) is 20.7 Å². The van der Waals surface area contributed by atoms with Gasteiger partial charge < -0.3 is 19.7 Å². The Morgan fingerprint density at radius 2 is 1.97 bits per heavy atom. The van der Waals surface area contributed by atoms with Crippen LogP contribution in [0.1, 0.15) is 45.2 Å². The fourth-order valence-electron chi connectivity index (χ4n) is 5.28. The maximum atomic E-state index is 13.1. The van der Waals surface area contributed by atoms with Crippen molar-refractivity contribution in [2.75, 3.05) is 38.7 Å². The van der Waals surface area contributed by atoms with Crippen molar-refractivity contribution in [3.05, 3.63) is 46.2 Å². The lowest BCUT2D eigenvalue weighted by molar-refractivity contribution is -0.123. The fraction of sp³-hybridized carbons (Fsp3) is 0.536. The Balaban J connectivity index is 1.46. The third-order valence-electron chi connectivity index (χ3n) is 7.23. The van der Waals surface area contributed by atoms with Crippen LogP contribution >= 0.6 is 23.2 Å². The third kappa shape index (κ3) is 7.15. The maximum absolute atomic E-state index is 13.1. The second-order valence-corrected chi connectivity index (χ2v) is 11.4. The number of ketones is 1. The first kappa shape index (κ1) is 27.7. The van der Waals surface area contributed by atoms with E-state index in [0.717, 1.165) is 55.6 Å². The summed E-state index contributed by atoms with van der Waals surface area (Å²) in [5, 5.41) is 4.59. The molecule has 0 unspecified atom stereocenters. The molecule has 3 heterocycles. The average molecular weight is 549 g/mol. The molecule has 2 aliphatic heterocycles. The number of piperidine rings is 1. The zero-order valence-electron chi connectivity index (χ0n) is 21.7. The fourth-order valence-corrected chi connectivity index (χ4v) is 5.70. The van der Waals surface area contributed by atoms with E-state index in [0.29, 0.717) is 34.7 Å². The van der Waals surface area contributed by atoms with E-state index in [1.807, 2.05) is 24.3 Å². The molecule has 1 amide bonds. The summed E-state index contributed by atoms with van der Waals surface area (Å²) in [5.74, 6) is 0.343. The topological polar surface area (TPSA) is 80.8 Å². The van der Waals surface area contributed by atoms with Crippen LogP contribution in [0.4, 0.5) is 10.5 Å². The van der Waals surface area contributed by atoms with E-state index in [9.17, 15) is 9.59 Å². The van der Waals surface area contributed by atoms with E-state index in [1.165, 1.54) is 7.11 Å². The highest BCUT2D eigenvalue weighted by molar-refractivity contribution is 6.36. The van der Waals surface area contributed by atoms with Gasteiger partial charge >= 0.3 is 6.09 Å². The quantitative estimate of drug-likeness (QED) is 0.440. The number of rotatable bonds is 7. The number of halogens is 2. The number of carbonyl (C=O) groups is 2. The molecule has 1 aromatic heterocycles. The Bertz CT molecular complexity index is 1140. The SMILES string of the molecule is COC(=O)N1CCC[C@H](C(=O)Cc2cc(-c3cc(NC[C@H]4CCOC(C)(C)C4)ccc3Cl)c(Cl)cn2)C1. The van der Waals surface area contributed by atoms with Gasteiger partial charge in [0.05, 0.1) is 17.7 Å². The predicted molar refractivity (Wildman–Crippen MR) is 146 cm³/mol. The van der Waals surface area contributed by atoms with Gasteiger partial charge in [-0.25, -0.2) is 4.79 Å². The number of hydrogen-bond acceptors (Lipinski definition) is 6. The Morgan fingerprint density at radius 1 is 1.19 bits per heavy atom. The second kappa shape index (κ2) is 12.0. The zero-order valence-corrected chi connectivity index (χ0v) is 23.2. The van der Waals surface area contributed by atoms with Gasteiger partial charge in [0, 0.05) is 72.3 Å². The smallest absolute Gasteiger partial charge is 0.409 e. The molecule has 37 heavy (non-hydrogen) atoms. The molecule has 7 nitrogen and oxygen atoms in total. The monoisotopic (exact) mass is 547 g/mol. The normalized spacial score (nSPS) is 21.4. The minimum Gasteiger partial charge on any atom is -0.453 e. The van der Waals surface area contributed by atoms with Gasteiger partial charge in [-0.3, -0.25) is 9.78 Å². The van der Waals surface area contributed by atoms with Crippen molar-refractivity contribution in [1.82, 2.24) is 9.88 Å². The number of amides is 1. The van der Waals surface area contributed by atoms with Gasteiger partial charge in [0.15, 0.2) is 0 Å². The van der Waals surface area contributed by atoms with Crippen LogP contribution in [0.2, 0.25) is 10.0 Å². The number of hydrogen-bond donors (Lipinski definition) is 1. The highest BCUT2D eigenvalue weighted by Crippen LogP contribution is 2.36. The number of aromatic nitrogens is 1. The van der Waals surface area contributed by atoms with Crippen LogP contribution in [-0.4, -0.2) is 60.7 Å². The summed E-state index contributed by atoms with van der Waals surface area (Å²) in [5.41, 5.74) is 3.01. The van der Waals surface area contributed by atoms with Gasteiger partial charge in [-0.2, -0.15) is 0 Å². The second-order valence-electron chi connectivity index (χ2n) is 10.6. The molecule has 0 aliphatic carbocycles. The zero-order chi connectivity index (χ0) is 26.6. The Kier molecular flexibility index (Phi) is 8.98. The number of ether oxygens (including phenoxy) is 2. The highest BCUT2D eigenvalue weighted by atomic mass is 35.5. The van der Waals surface area contributed by atoms with Crippen LogP contribution in [0.15, 0.2) is 30.5 Å². The van der Waals surface area contributed by atoms with Crippen molar-refractivity contribution < 1.29 is 19.1 Å². The lowest BCUT2D eigenvalue weighted by atomic mass is 9.88. The summed E-state index contributed by atoms with van der Waals surface area (Å²) in [6, 6.07) is 7.66. The molecular formula is C28H35Cl2N3O4. The molecular weight excluding hydrogens is 513 g/mol. The molecule has 1 aromatic carbocycles. The predicted octanol–water partition coefficient (Wildman–Crippen LogP) is 6.26. The Hall–Kier alpha value is -2.35. The summed E-state index contributed by atoms with van der Waals surface area (Å²) >= 11 is 13.1. The molecule has 2 saturated heterocycles. The minimum absolute atomic E-state index is 0.0512. The van der Waals surface area contributed by atoms with Gasteiger partial charge in [0.1, 0.15) is 5.78 Å². The van der Waals surface area contributed by atoms with E-state index in [4.69, 9.17) is 32.7 Å². The molecule has 0 radical (unpaired) electrons. The number of methoxy groups -OCH3 is 1. The number of nitrogens with one attached hydrogen (secondary N) is 1. The maximum Gasteiger partial charge on any atom is 0.409 e. The first-order valence-electron chi connectivity index (χ1n) is 12.8. The molecule has 4 rings (SSSR count). The van der Waals surface area contributed by atoms with Crippen molar-refractivity contribution in [1.29, 1.82) is 0 Å². The van der Waals surface area contributed by atoms with Crippen molar-refractivity contribution in [2.24, 2.45) is 11.8 Å². The molecule has 200 valence electrons. The molecule has 9 heteroatoms. The van der Waals surface area contributed by atoms with Crippen molar-refractivity contribution in [2.45, 2.75) is 51.6 Å². The number of benzene rings is 1. The summed E-state index contributed by atoms with van der Waals surface area (Å²) in [7, 11) is 1.36.